The first-order valence-electron chi connectivity index (χ1n) is 11.7. The number of hydrogen-bond donors (Lipinski definition) is 0. The van der Waals surface area contributed by atoms with Crippen molar-refractivity contribution in [1.82, 2.24) is 14.7 Å². The maximum Gasteiger partial charge on any atom is 0.228 e. The number of likely N-dealkylation sites (tertiary alicyclic amines) is 1. The molecule has 0 N–H and O–H groups in total. The standard InChI is InChI=1S/C26H31N3O3/c1-19(21-5-3-2-4-6-21)29-18-23(16-25(29)30)26(31)28-12-10-27(11-13-28)17-20-7-8-24-22(15-20)9-14-32-24/h2-8,15,19,23H,9-14,16-18H2,1H3/t19-,23+/m0/s1. The van der Waals surface area contributed by atoms with Gasteiger partial charge in [0, 0.05) is 52.1 Å². The Balaban J connectivity index is 1.14. The van der Waals surface area contributed by atoms with Gasteiger partial charge in [-0.3, -0.25) is 14.5 Å². The van der Waals surface area contributed by atoms with Crippen LogP contribution in [0.4, 0.5) is 0 Å². The molecule has 2 amide bonds. The Labute approximate surface area is 189 Å². The third-order valence-corrected chi connectivity index (χ3v) is 7.10. The van der Waals surface area contributed by atoms with Crippen LogP contribution in [0.2, 0.25) is 0 Å². The molecule has 6 heteroatoms. The lowest BCUT2D eigenvalue weighted by Crippen LogP contribution is -2.50. The number of hydrogen-bond acceptors (Lipinski definition) is 4. The van der Waals surface area contributed by atoms with Crippen molar-refractivity contribution in [3.8, 4) is 5.75 Å². The second-order valence-electron chi connectivity index (χ2n) is 9.18. The molecule has 168 valence electrons. The predicted octanol–water partition coefficient (Wildman–Crippen LogP) is 2.88. The van der Waals surface area contributed by atoms with E-state index in [9.17, 15) is 9.59 Å². The van der Waals surface area contributed by atoms with E-state index < -0.39 is 0 Å². The molecular weight excluding hydrogens is 402 g/mol. The Hall–Kier alpha value is -2.86. The van der Waals surface area contributed by atoms with Crippen molar-refractivity contribution < 1.29 is 14.3 Å². The van der Waals surface area contributed by atoms with Gasteiger partial charge in [-0.25, -0.2) is 0 Å². The van der Waals surface area contributed by atoms with Crippen LogP contribution in [0.25, 0.3) is 0 Å². The summed E-state index contributed by atoms with van der Waals surface area (Å²) in [7, 11) is 0. The highest BCUT2D eigenvalue weighted by Crippen LogP contribution is 2.30. The van der Waals surface area contributed by atoms with Gasteiger partial charge in [0.2, 0.25) is 11.8 Å². The summed E-state index contributed by atoms with van der Waals surface area (Å²) in [5.74, 6) is 1.01. The minimum absolute atomic E-state index is 0.00364. The number of fused-ring (bicyclic) bond motifs is 1. The Kier molecular flexibility index (Phi) is 5.87. The lowest BCUT2D eigenvalue weighted by Gasteiger charge is -2.36. The molecule has 0 spiro atoms. The molecule has 6 nitrogen and oxygen atoms in total. The summed E-state index contributed by atoms with van der Waals surface area (Å²) >= 11 is 0. The lowest BCUT2D eigenvalue weighted by atomic mass is 10.1. The number of carbonyl (C=O) groups is 2. The van der Waals surface area contributed by atoms with Crippen LogP contribution in [-0.4, -0.2) is 65.8 Å². The first-order chi connectivity index (χ1) is 15.6. The topological polar surface area (TPSA) is 53.1 Å². The van der Waals surface area contributed by atoms with Gasteiger partial charge in [-0.05, 0) is 29.7 Å². The summed E-state index contributed by atoms with van der Waals surface area (Å²) in [5, 5.41) is 0. The van der Waals surface area contributed by atoms with E-state index in [2.05, 4.69) is 23.1 Å². The summed E-state index contributed by atoms with van der Waals surface area (Å²) in [6.07, 6.45) is 1.32. The van der Waals surface area contributed by atoms with Crippen LogP contribution in [0.5, 0.6) is 5.75 Å². The molecule has 0 bridgehead atoms. The summed E-state index contributed by atoms with van der Waals surface area (Å²) in [6.45, 7) is 7.44. The van der Waals surface area contributed by atoms with Gasteiger partial charge in [0.1, 0.15) is 5.75 Å². The Morgan fingerprint density at radius 3 is 2.66 bits per heavy atom. The minimum Gasteiger partial charge on any atom is -0.493 e. The molecule has 2 fully saturated rings. The zero-order chi connectivity index (χ0) is 22.1. The maximum absolute atomic E-state index is 13.2. The van der Waals surface area contributed by atoms with E-state index in [4.69, 9.17) is 4.74 Å². The molecule has 3 aliphatic rings. The van der Waals surface area contributed by atoms with Gasteiger partial charge in [0.25, 0.3) is 0 Å². The van der Waals surface area contributed by atoms with E-state index in [1.54, 1.807) is 0 Å². The highest BCUT2D eigenvalue weighted by atomic mass is 16.5. The number of carbonyl (C=O) groups excluding carboxylic acids is 2. The van der Waals surface area contributed by atoms with E-state index in [1.165, 1.54) is 11.1 Å². The van der Waals surface area contributed by atoms with Crippen LogP contribution in [0.15, 0.2) is 48.5 Å². The third-order valence-electron chi connectivity index (χ3n) is 7.10. The zero-order valence-electron chi connectivity index (χ0n) is 18.7. The lowest BCUT2D eigenvalue weighted by molar-refractivity contribution is -0.137. The Morgan fingerprint density at radius 1 is 1.09 bits per heavy atom. The normalized spacial score (nSPS) is 22.0. The Morgan fingerprint density at radius 2 is 1.88 bits per heavy atom. The van der Waals surface area contributed by atoms with Crippen molar-refractivity contribution in [2.75, 3.05) is 39.3 Å². The second kappa shape index (κ2) is 8.94. The Bertz CT molecular complexity index is 985. The van der Waals surface area contributed by atoms with E-state index >= 15 is 0 Å². The molecule has 2 aromatic carbocycles. The van der Waals surface area contributed by atoms with Gasteiger partial charge in [0.05, 0.1) is 18.6 Å². The molecule has 2 atom stereocenters. The zero-order valence-corrected chi connectivity index (χ0v) is 18.7. The largest absolute Gasteiger partial charge is 0.493 e. The van der Waals surface area contributed by atoms with Gasteiger partial charge >= 0.3 is 0 Å². The van der Waals surface area contributed by atoms with Crippen LogP contribution < -0.4 is 4.74 Å². The van der Waals surface area contributed by atoms with Crippen molar-refractivity contribution in [1.29, 1.82) is 0 Å². The molecule has 0 radical (unpaired) electrons. The van der Waals surface area contributed by atoms with E-state index in [-0.39, 0.29) is 23.8 Å². The number of amides is 2. The number of nitrogens with zero attached hydrogens (tertiary/aromatic N) is 3. The number of piperazine rings is 1. The average molecular weight is 434 g/mol. The first kappa shape index (κ1) is 21.0. The monoisotopic (exact) mass is 433 g/mol. The highest BCUT2D eigenvalue weighted by Gasteiger charge is 2.39. The van der Waals surface area contributed by atoms with Crippen LogP contribution in [0.3, 0.4) is 0 Å². The molecule has 3 aliphatic heterocycles. The van der Waals surface area contributed by atoms with Crippen molar-refractivity contribution in [3.63, 3.8) is 0 Å². The van der Waals surface area contributed by atoms with Gasteiger partial charge in [-0.2, -0.15) is 0 Å². The van der Waals surface area contributed by atoms with Crippen molar-refractivity contribution in [2.45, 2.75) is 32.4 Å². The molecule has 5 rings (SSSR count). The molecule has 0 unspecified atom stereocenters. The van der Waals surface area contributed by atoms with Crippen LogP contribution in [-0.2, 0) is 22.6 Å². The molecular formula is C26H31N3O3. The van der Waals surface area contributed by atoms with Crippen LogP contribution in [0, 0.1) is 5.92 Å². The minimum atomic E-state index is -0.225. The molecule has 0 aliphatic carbocycles. The van der Waals surface area contributed by atoms with E-state index in [1.807, 2.05) is 47.1 Å². The fourth-order valence-corrected chi connectivity index (χ4v) is 5.16. The maximum atomic E-state index is 13.2. The van der Waals surface area contributed by atoms with Gasteiger partial charge in [0.15, 0.2) is 0 Å². The first-order valence-corrected chi connectivity index (χ1v) is 11.7. The third kappa shape index (κ3) is 4.24. The summed E-state index contributed by atoms with van der Waals surface area (Å²) < 4.78 is 5.60. The fraction of sp³-hybridized carbons (Fsp3) is 0.462. The molecule has 3 heterocycles. The molecule has 2 saturated heterocycles. The van der Waals surface area contributed by atoms with Gasteiger partial charge in [-0.15, -0.1) is 0 Å². The fourth-order valence-electron chi connectivity index (χ4n) is 5.16. The van der Waals surface area contributed by atoms with Crippen LogP contribution in [0.1, 0.15) is 36.1 Å². The SMILES string of the molecule is C[C@@H](c1ccccc1)N1C[C@H](C(=O)N2CCN(Cc3ccc4c(c3)CCO4)CC2)CC1=O. The van der Waals surface area contributed by atoms with E-state index in [0.717, 1.165) is 57.1 Å². The van der Waals surface area contributed by atoms with Gasteiger partial charge < -0.3 is 14.5 Å². The summed E-state index contributed by atoms with van der Waals surface area (Å²) in [5.41, 5.74) is 3.72. The molecule has 2 aromatic rings. The van der Waals surface area contributed by atoms with Crippen molar-refractivity contribution >= 4 is 11.8 Å². The second-order valence-corrected chi connectivity index (χ2v) is 9.18. The smallest absolute Gasteiger partial charge is 0.228 e. The molecule has 0 aromatic heterocycles. The summed E-state index contributed by atoms with van der Waals surface area (Å²) in [6, 6.07) is 16.5. The molecule has 32 heavy (non-hydrogen) atoms. The predicted molar refractivity (Wildman–Crippen MR) is 122 cm³/mol. The summed E-state index contributed by atoms with van der Waals surface area (Å²) in [4.78, 5) is 32.1. The molecule has 0 saturated carbocycles. The van der Waals surface area contributed by atoms with Crippen molar-refractivity contribution in [2.24, 2.45) is 5.92 Å². The number of rotatable bonds is 5. The highest BCUT2D eigenvalue weighted by molar-refractivity contribution is 5.89. The van der Waals surface area contributed by atoms with Gasteiger partial charge in [-0.1, -0.05) is 42.5 Å². The quantitative estimate of drug-likeness (QED) is 0.728. The number of benzene rings is 2. The van der Waals surface area contributed by atoms with Crippen LogP contribution >= 0.6 is 0 Å². The van der Waals surface area contributed by atoms with E-state index in [0.29, 0.717) is 13.0 Å². The van der Waals surface area contributed by atoms with Crippen molar-refractivity contribution in [3.05, 3.63) is 65.2 Å². The average Bonchev–Trinajstić information content (AvgIpc) is 3.45. The number of ether oxygens (including phenoxy) is 1.